The molecular formula is C16H21N3O3. The highest BCUT2D eigenvalue weighted by Gasteiger charge is 2.40. The van der Waals surface area contributed by atoms with Crippen molar-refractivity contribution in [3.8, 4) is 0 Å². The molecule has 1 saturated heterocycles. The average molecular weight is 303 g/mol. The molecule has 1 fully saturated rings. The van der Waals surface area contributed by atoms with Crippen LogP contribution in [0.1, 0.15) is 20.3 Å². The molecule has 22 heavy (non-hydrogen) atoms. The van der Waals surface area contributed by atoms with E-state index < -0.39 is 6.04 Å². The summed E-state index contributed by atoms with van der Waals surface area (Å²) >= 11 is 0. The smallest absolute Gasteiger partial charge is 0.323 e. The van der Waals surface area contributed by atoms with Gasteiger partial charge in [0.1, 0.15) is 6.04 Å². The first kappa shape index (κ1) is 14.8. The van der Waals surface area contributed by atoms with Gasteiger partial charge in [0.15, 0.2) is 0 Å². The Kier molecular flexibility index (Phi) is 4.02. The number of hydrogen-bond donors (Lipinski definition) is 2. The summed E-state index contributed by atoms with van der Waals surface area (Å²) in [5.41, 5.74) is 1.41. The van der Waals surface area contributed by atoms with E-state index in [1.165, 1.54) is 0 Å². The topological polar surface area (TPSA) is 70.7 Å². The minimum Gasteiger partial charge on any atom is -0.377 e. The number of nitrogens with one attached hydrogen (secondary N) is 2. The van der Waals surface area contributed by atoms with Gasteiger partial charge in [-0.2, -0.15) is 0 Å². The van der Waals surface area contributed by atoms with E-state index in [2.05, 4.69) is 10.6 Å². The Labute approximate surface area is 129 Å². The number of rotatable bonds is 3. The number of ether oxygens (including phenoxy) is 1. The van der Waals surface area contributed by atoms with Crippen LogP contribution in [0.3, 0.4) is 0 Å². The van der Waals surface area contributed by atoms with Crippen molar-refractivity contribution in [1.82, 2.24) is 5.32 Å². The van der Waals surface area contributed by atoms with Crippen LogP contribution in [-0.4, -0.2) is 37.2 Å². The van der Waals surface area contributed by atoms with Crippen LogP contribution in [0.15, 0.2) is 24.3 Å². The zero-order valence-corrected chi connectivity index (χ0v) is 12.8. The Morgan fingerprint density at radius 3 is 2.82 bits per heavy atom. The molecule has 2 heterocycles. The maximum absolute atomic E-state index is 12.7. The first-order chi connectivity index (χ1) is 10.6. The van der Waals surface area contributed by atoms with Crippen molar-refractivity contribution in [3.05, 3.63) is 24.3 Å². The fraction of sp³-hybridized carbons (Fsp3) is 0.500. The highest BCUT2D eigenvalue weighted by molar-refractivity contribution is 6.11. The molecule has 3 rings (SSSR count). The van der Waals surface area contributed by atoms with Crippen molar-refractivity contribution in [2.45, 2.75) is 32.4 Å². The van der Waals surface area contributed by atoms with E-state index in [4.69, 9.17) is 4.74 Å². The van der Waals surface area contributed by atoms with E-state index in [1.807, 2.05) is 38.1 Å². The number of carbonyl (C=O) groups excluding carboxylic acids is 2. The van der Waals surface area contributed by atoms with Gasteiger partial charge < -0.3 is 15.4 Å². The monoisotopic (exact) mass is 303 g/mol. The summed E-state index contributed by atoms with van der Waals surface area (Å²) in [6.07, 6.45) is 0.816. The molecule has 0 aromatic heterocycles. The van der Waals surface area contributed by atoms with Crippen LogP contribution >= 0.6 is 0 Å². The molecule has 0 spiro atoms. The van der Waals surface area contributed by atoms with Crippen molar-refractivity contribution < 1.29 is 14.3 Å². The molecule has 6 heteroatoms. The Balaban J connectivity index is 1.95. The largest absolute Gasteiger partial charge is 0.377 e. The van der Waals surface area contributed by atoms with E-state index in [1.54, 1.807) is 4.90 Å². The molecule has 3 amide bonds. The van der Waals surface area contributed by atoms with Crippen LogP contribution in [-0.2, 0) is 9.53 Å². The van der Waals surface area contributed by atoms with Crippen LogP contribution in [0.4, 0.5) is 16.2 Å². The van der Waals surface area contributed by atoms with Crippen molar-refractivity contribution in [2.24, 2.45) is 5.92 Å². The molecule has 6 nitrogen and oxygen atoms in total. The lowest BCUT2D eigenvalue weighted by molar-refractivity contribution is -0.118. The van der Waals surface area contributed by atoms with Crippen molar-refractivity contribution in [3.63, 3.8) is 0 Å². The number of nitrogens with zero attached hydrogens (tertiary/aromatic N) is 1. The third kappa shape index (κ3) is 2.54. The van der Waals surface area contributed by atoms with Crippen LogP contribution in [0.2, 0.25) is 0 Å². The predicted molar refractivity (Wildman–Crippen MR) is 83.9 cm³/mol. The molecule has 0 aliphatic carbocycles. The molecular weight excluding hydrogens is 282 g/mol. The second-order valence-corrected chi connectivity index (χ2v) is 5.89. The van der Waals surface area contributed by atoms with E-state index in [0.29, 0.717) is 18.9 Å². The number of para-hydroxylation sites is 2. The van der Waals surface area contributed by atoms with Gasteiger partial charge in [0.05, 0.1) is 30.6 Å². The molecule has 0 unspecified atom stereocenters. The van der Waals surface area contributed by atoms with E-state index in [-0.39, 0.29) is 23.9 Å². The van der Waals surface area contributed by atoms with E-state index in [9.17, 15) is 9.59 Å². The molecule has 0 saturated carbocycles. The van der Waals surface area contributed by atoms with Crippen molar-refractivity contribution >= 4 is 23.3 Å². The zero-order valence-electron chi connectivity index (χ0n) is 12.8. The predicted octanol–water partition coefficient (Wildman–Crippen LogP) is 1.97. The number of urea groups is 1. The molecule has 1 aromatic carbocycles. The van der Waals surface area contributed by atoms with Crippen LogP contribution in [0.25, 0.3) is 0 Å². The number of amides is 3. The maximum atomic E-state index is 12.7. The summed E-state index contributed by atoms with van der Waals surface area (Å²) in [6, 6.07) is 6.69. The maximum Gasteiger partial charge on any atom is 0.323 e. The molecule has 2 aliphatic rings. The molecule has 118 valence electrons. The van der Waals surface area contributed by atoms with Crippen LogP contribution in [0.5, 0.6) is 0 Å². The van der Waals surface area contributed by atoms with Gasteiger partial charge in [0, 0.05) is 0 Å². The second-order valence-electron chi connectivity index (χ2n) is 5.89. The number of fused-ring (bicyclic) bond motifs is 1. The Morgan fingerprint density at radius 2 is 2.18 bits per heavy atom. The molecule has 2 N–H and O–H groups in total. The summed E-state index contributed by atoms with van der Waals surface area (Å²) in [6.45, 7) is 5.07. The summed E-state index contributed by atoms with van der Waals surface area (Å²) in [7, 11) is 0. The first-order valence-electron chi connectivity index (χ1n) is 7.69. The number of carbonyl (C=O) groups is 2. The molecule has 0 radical (unpaired) electrons. The molecule has 2 aliphatic heterocycles. The summed E-state index contributed by atoms with van der Waals surface area (Å²) < 4.78 is 5.10. The van der Waals surface area contributed by atoms with Gasteiger partial charge in [-0.05, 0) is 18.1 Å². The summed E-state index contributed by atoms with van der Waals surface area (Å²) in [5.74, 6) is -0.0650. The minimum atomic E-state index is -0.499. The number of hydrogen-bond acceptors (Lipinski definition) is 3. The highest BCUT2D eigenvalue weighted by Crippen LogP contribution is 2.34. The normalized spacial score (nSPS) is 22.4. The molecule has 1 aromatic rings. The lowest BCUT2D eigenvalue weighted by Crippen LogP contribution is -2.60. The fourth-order valence-electron chi connectivity index (χ4n) is 2.80. The van der Waals surface area contributed by atoms with Gasteiger partial charge in [-0.15, -0.1) is 0 Å². The number of benzene rings is 1. The van der Waals surface area contributed by atoms with Crippen molar-refractivity contribution in [1.29, 1.82) is 0 Å². The van der Waals surface area contributed by atoms with Gasteiger partial charge in [-0.3, -0.25) is 9.69 Å². The quantitative estimate of drug-likeness (QED) is 0.897. The third-order valence-electron chi connectivity index (χ3n) is 4.34. The van der Waals surface area contributed by atoms with Crippen LogP contribution < -0.4 is 15.5 Å². The summed E-state index contributed by atoms with van der Waals surface area (Å²) in [5, 5.41) is 5.84. The standard InChI is InChI=1S/C16H21N3O3/c1-3-10(2)14-15(20)18-12-6-4-5-7-13(12)19(14)16(21)17-11-8-22-9-11/h4-7,10-11,14H,3,8-9H2,1-2H3,(H,17,21)(H,18,20)/t10-,14-/m0/s1. The zero-order chi connectivity index (χ0) is 15.7. The van der Waals surface area contributed by atoms with Gasteiger partial charge in [-0.25, -0.2) is 4.79 Å². The molecule has 0 bridgehead atoms. The van der Waals surface area contributed by atoms with Gasteiger partial charge in [0.2, 0.25) is 5.91 Å². The van der Waals surface area contributed by atoms with Crippen molar-refractivity contribution in [2.75, 3.05) is 23.4 Å². The lowest BCUT2D eigenvalue weighted by Gasteiger charge is -2.40. The van der Waals surface area contributed by atoms with E-state index in [0.717, 1.165) is 12.1 Å². The van der Waals surface area contributed by atoms with Crippen LogP contribution in [0, 0.1) is 5.92 Å². The van der Waals surface area contributed by atoms with Gasteiger partial charge >= 0.3 is 6.03 Å². The Morgan fingerprint density at radius 1 is 1.45 bits per heavy atom. The Hall–Kier alpha value is -2.08. The average Bonchev–Trinajstić information content (AvgIpc) is 2.48. The Bertz CT molecular complexity index is 586. The van der Waals surface area contributed by atoms with E-state index >= 15 is 0 Å². The van der Waals surface area contributed by atoms with Gasteiger partial charge in [0.25, 0.3) is 0 Å². The first-order valence-corrected chi connectivity index (χ1v) is 7.69. The third-order valence-corrected chi connectivity index (χ3v) is 4.34. The van der Waals surface area contributed by atoms with Gasteiger partial charge in [-0.1, -0.05) is 32.4 Å². The fourth-order valence-corrected chi connectivity index (χ4v) is 2.80. The summed E-state index contributed by atoms with van der Waals surface area (Å²) in [4.78, 5) is 26.8. The lowest BCUT2D eigenvalue weighted by atomic mass is 9.94. The highest BCUT2D eigenvalue weighted by atomic mass is 16.5. The molecule has 2 atom stereocenters. The SMILES string of the molecule is CC[C@H](C)[C@H]1C(=O)Nc2ccccc2N1C(=O)NC1COC1. The minimum absolute atomic E-state index is 0.0298. The number of anilines is 2. The second kappa shape index (κ2) is 5.96.